The molecule has 7 nitrogen and oxygen atoms in total. The molecule has 174 valence electrons. The topological polar surface area (TPSA) is 105 Å². The van der Waals surface area contributed by atoms with E-state index >= 15 is 0 Å². The van der Waals surface area contributed by atoms with Gasteiger partial charge in [-0.25, -0.2) is 4.79 Å². The maximum absolute atomic E-state index is 12.9. The summed E-state index contributed by atoms with van der Waals surface area (Å²) in [4.78, 5) is 36.9. The van der Waals surface area contributed by atoms with Crippen molar-refractivity contribution >= 4 is 18.0 Å². The van der Waals surface area contributed by atoms with Crippen molar-refractivity contribution < 1.29 is 24.2 Å². The molecule has 0 aromatic heterocycles. The maximum Gasteiger partial charge on any atom is 0.407 e. The number of carboxylic acid groups (broad SMARTS) is 1. The van der Waals surface area contributed by atoms with Crippen molar-refractivity contribution in [1.29, 1.82) is 0 Å². The Morgan fingerprint density at radius 3 is 2.18 bits per heavy atom. The first-order valence-electron chi connectivity index (χ1n) is 11.5. The number of rotatable bonds is 7. The van der Waals surface area contributed by atoms with Crippen molar-refractivity contribution in [2.75, 3.05) is 6.61 Å². The molecule has 2 aromatic carbocycles. The first kappa shape index (κ1) is 22.8. The molecule has 0 bridgehead atoms. The Morgan fingerprint density at radius 1 is 1.00 bits per heavy atom. The van der Waals surface area contributed by atoms with Crippen LogP contribution in [0.1, 0.15) is 50.2 Å². The fraction of sp³-hybridized carbons (Fsp3) is 0.423. The van der Waals surface area contributed by atoms with E-state index in [2.05, 4.69) is 22.8 Å². The average Bonchev–Trinajstić information content (AvgIpc) is 3.38. The summed E-state index contributed by atoms with van der Waals surface area (Å²) in [5, 5.41) is 14.9. The minimum atomic E-state index is -0.900. The van der Waals surface area contributed by atoms with Crippen molar-refractivity contribution in [3.05, 3.63) is 59.7 Å². The van der Waals surface area contributed by atoms with Crippen molar-refractivity contribution in [2.24, 2.45) is 11.8 Å². The number of ether oxygens (including phenoxy) is 1. The summed E-state index contributed by atoms with van der Waals surface area (Å²) >= 11 is 0. The molecule has 1 fully saturated rings. The molecule has 1 saturated carbocycles. The van der Waals surface area contributed by atoms with Gasteiger partial charge in [0.25, 0.3) is 0 Å². The Hall–Kier alpha value is -3.35. The van der Waals surface area contributed by atoms with E-state index in [4.69, 9.17) is 4.74 Å². The van der Waals surface area contributed by atoms with E-state index < -0.39 is 30.1 Å². The van der Waals surface area contributed by atoms with Crippen LogP contribution < -0.4 is 10.6 Å². The quantitative estimate of drug-likeness (QED) is 0.593. The summed E-state index contributed by atoms with van der Waals surface area (Å²) in [6.07, 6.45) is 1.27. The van der Waals surface area contributed by atoms with Crippen LogP contribution in [0.15, 0.2) is 48.5 Å². The van der Waals surface area contributed by atoms with Crippen LogP contribution in [0.3, 0.4) is 0 Å². The van der Waals surface area contributed by atoms with Gasteiger partial charge in [-0.15, -0.1) is 0 Å². The molecule has 0 heterocycles. The highest BCUT2D eigenvalue weighted by atomic mass is 16.5. The Bertz CT molecular complexity index is 1000. The van der Waals surface area contributed by atoms with Gasteiger partial charge in [0, 0.05) is 12.0 Å². The fourth-order valence-corrected chi connectivity index (χ4v) is 5.00. The molecule has 2 aromatic rings. The third kappa shape index (κ3) is 4.72. The van der Waals surface area contributed by atoms with Crippen molar-refractivity contribution in [3.63, 3.8) is 0 Å². The predicted octanol–water partition coefficient (Wildman–Crippen LogP) is 3.92. The zero-order valence-electron chi connectivity index (χ0n) is 18.9. The zero-order valence-corrected chi connectivity index (χ0v) is 18.9. The smallest absolute Gasteiger partial charge is 0.407 e. The number of hydrogen-bond acceptors (Lipinski definition) is 4. The monoisotopic (exact) mass is 450 g/mol. The number of benzene rings is 2. The van der Waals surface area contributed by atoms with Crippen LogP contribution in [0.25, 0.3) is 11.1 Å². The second kappa shape index (κ2) is 9.65. The zero-order chi connectivity index (χ0) is 23.5. The minimum absolute atomic E-state index is 0.0655. The molecule has 3 atom stereocenters. The summed E-state index contributed by atoms with van der Waals surface area (Å²) in [7, 11) is 0. The van der Waals surface area contributed by atoms with Gasteiger partial charge in [0.15, 0.2) is 0 Å². The summed E-state index contributed by atoms with van der Waals surface area (Å²) in [6, 6.07) is 15.0. The molecule has 33 heavy (non-hydrogen) atoms. The van der Waals surface area contributed by atoms with E-state index in [9.17, 15) is 19.5 Å². The van der Waals surface area contributed by atoms with Crippen molar-refractivity contribution in [1.82, 2.24) is 10.6 Å². The molecule has 0 unspecified atom stereocenters. The minimum Gasteiger partial charge on any atom is -0.481 e. The summed E-state index contributed by atoms with van der Waals surface area (Å²) in [5.41, 5.74) is 4.52. The van der Waals surface area contributed by atoms with Gasteiger partial charge in [-0.1, -0.05) is 68.8 Å². The predicted molar refractivity (Wildman–Crippen MR) is 124 cm³/mol. The summed E-state index contributed by atoms with van der Waals surface area (Å²) < 4.78 is 5.58. The average molecular weight is 451 g/mol. The normalized spacial score (nSPS) is 20.1. The standard InChI is InChI=1S/C26H30N2O5/c1-15(2)23(24(29)27-22-13-7-12-20(22)25(30)31)28-26(32)33-14-21-18-10-5-3-8-16(18)17-9-4-6-11-19(17)21/h3-6,8-11,15,20-23H,7,12-14H2,1-2H3,(H,27,29)(H,28,32)(H,30,31)/t20-,22+,23+/m0/s1. The lowest BCUT2D eigenvalue weighted by Gasteiger charge is -2.25. The number of alkyl carbamates (subject to hydrolysis) is 1. The number of carbonyl (C=O) groups is 3. The van der Waals surface area contributed by atoms with Crippen LogP contribution in [-0.2, 0) is 14.3 Å². The Labute approximate surface area is 193 Å². The van der Waals surface area contributed by atoms with Crippen LogP contribution in [0, 0.1) is 11.8 Å². The highest BCUT2D eigenvalue weighted by Gasteiger charge is 2.36. The van der Waals surface area contributed by atoms with Crippen LogP contribution in [0.4, 0.5) is 4.79 Å². The molecular formula is C26H30N2O5. The number of fused-ring (bicyclic) bond motifs is 3. The third-order valence-electron chi connectivity index (χ3n) is 6.73. The molecule has 7 heteroatoms. The third-order valence-corrected chi connectivity index (χ3v) is 6.73. The van der Waals surface area contributed by atoms with Crippen LogP contribution in [0.2, 0.25) is 0 Å². The van der Waals surface area contributed by atoms with Gasteiger partial charge in [-0.2, -0.15) is 0 Å². The first-order valence-corrected chi connectivity index (χ1v) is 11.5. The molecule has 0 radical (unpaired) electrons. The second-order valence-corrected chi connectivity index (χ2v) is 9.18. The van der Waals surface area contributed by atoms with E-state index in [-0.39, 0.29) is 24.3 Å². The van der Waals surface area contributed by atoms with Gasteiger partial charge in [0.05, 0.1) is 5.92 Å². The Balaban J connectivity index is 1.39. The number of carboxylic acids is 1. The molecule has 2 amide bonds. The van der Waals surface area contributed by atoms with Gasteiger partial charge < -0.3 is 20.5 Å². The van der Waals surface area contributed by atoms with Gasteiger partial charge in [-0.3, -0.25) is 9.59 Å². The SMILES string of the molecule is CC(C)[C@@H](NC(=O)OCC1c2ccccc2-c2ccccc21)C(=O)N[C@@H]1CCC[C@@H]1C(=O)O. The summed E-state index contributed by atoms with van der Waals surface area (Å²) in [5.74, 6) is -2.12. The molecule has 2 aliphatic carbocycles. The van der Waals surface area contributed by atoms with Crippen molar-refractivity contribution in [2.45, 2.75) is 51.1 Å². The lowest BCUT2D eigenvalue weighted by Crippen LogP contribution is -2.53. The van der Waals surface area contributed by atoms with Crippen LogP contribution >= 0.6 is 0 Å². The van der Waals surface area contributed by atoms with Gasteiger partial charge in [0.1, 0.15) is 12.6 Å². The molecule has 4 rings (SSSR count). The largest absolute Gasteiger partial charge is 0.481 e. The molecular weight excluding hydrogens is 420 g/mol. The van der Waals surface area contributed by atoms with Crippen LogP contribution in [-0.4, -0.2) is 41.8 Å². The van der Waals surface area contributed by atoms with E-state index in [1.807, 2.05) is 50.2 Å². The van der Waals surface area contributed by atoms with Gasteiger partial charge >= 0.3 is 12.1 Å². The Kier molecular flexibility index (Phi) is 6.67. The van der Waals surface area contributed by atoms with E-state index in [0.29, 0.717) is 12.8 Å². The Morgan fingerprint density at radius 2 is 1.61 bits per heavy atom. The molecule has 3 N–H and O–H groups in total. The van der Waals surface area contributed by atoms with E-state index in [1.54, 1.807) is 0 Å². The number of aliphatic carboxylic acids is 1. The number of amides is 2. The fourth-order valence-electron chi connectivity index (χ4n) is 5.00. The molecule has 2 aliphatic rings. The van der Waals surface area contributed by atoms with Crippen LogP contribution in [0.5, 0.6) is 0 Å². The molecule has 0 spiro atoms. The lowest BCUT2D eigenvalue weighted by atomic mass is 9.98. The first-order chi connectivity index (χ1) is 15.9. The van der Waals surface area contributed by atoms with E-state index in [1.165, 1.54) is 0 Å². The van der Waals surface area contributed by atoms with Gasteiger partial charge in [0.2, 0.25) is 5.91 Å². The highest BCUT2D eigenvalue weighted by Crippen LogP contribution is 2.44. The second-order valence-electron chi connectivity index (χ2n) is 9.18. The number of nitrogens with one attached hydrogen (secondary N) is 2. The molecule has 0 aliphatic heterocycles. The lowest BCUT2D eigenvalue weighted by molar-refractivity contribution is -0.142. The van der Waals surface area contributed by atoms with E-state index in [0.717, 1.165) is 28.7 Å². The van der Waals surface area contributed by atoms with Gasteiger partial charge in [-0.05, 0) is 41.0 Å². The number of hydrogen-bond donors (Lipinski definition) is 3. The maximum atomic E-state index is 12.9. The summed E-state index contributed by atoms with van der Waals surface area (Å²) in [6.45, 7) is 3.82. The molecule has 0 saturated heterocycles. The highest BCUT2D eigenvalue weighted by molar-refractivity contribution is 5.87. The van der Waals surface area contributed by atoms with Crippen molar-refractivity contribution in [3.8, 4) is 11.1 Å². The number of carbonyl (C=O) groups excluding carboxylic acids is 2.